The van der Waals surface area contributed by atoms with E-state index in [1.54, 1.807) is 17.5 Å². The zero-order valence-corrected chi connectivity index (χ0v) is 24.7. The van der Waals surface area contributed by atoms with Gasteiger partial charge in [0.25, 0.3) is 11.8 Å². The molecule has 2 amide bonds. The molecule has 0 saturated heterocycles. The van der Waals surface area contributed by atoms with Gasteiger partial charge in [-0.25, -0.2) is 4.98 Å². The minimum absolute atomic E-state index is 0.0423. The molecular weight excluding hydrogens is 683 g/mol. The van der Waals surface area contributed by atoms with Crippen LogP contribution in [-0.2, 0) is 17.8 Å². The Bertz CT molecular complexity index is 1410. The molecule has 0 spiro atoms. The summed E-state index contributed by atoms with van der Waals surface area (Å²) in [6, 6.07) is 9.66. The van der Waals surface area contributed by atoms with Crippen LogP contribution in [-0.4, -0.2) is 33.3 Å². The predicted molar refractivity (Wildman–Crippen MR) is 151 cm³/mol. The number of halogens is 7. The fourth-order valence-electron chi connectivity index (χ4n) is 4.06. The molecule has 2 aliphatic carbocycles. The molecule has 0 atom stereocenters. The maximum atomic E-state index is 13.0. The number of benzene rings is 2. The first-order chi connectivity index (χ1) is 19.1. The normalized spacial score (nSPS) is 16.7. The standard InChI is InChI=1S/C16H15F3N2OS.C12H11F3INO/c1-10-8-20-14(23-10)15(6-7-15)9-21-13(22)11-4-2-3-5-12(11)16(17,18)19;13-12(14,15)9-4-2-1-3-8(9)10(18)17-7-11(16)5-6-11/h2-5,8H,6-7,9H2,1H3,(H,21,22);1-4H,5-7H2,(H,17,18). The van der Waals surface area contributed by atoms with Crippen molar-refractivity contribution in [3.63, 3.8) is 0 Å². The second kappa shape index (κ2) is 11.9. The number of carbonyl (C=O) groups is 2. The Kier molecular flexibility index (Phi) is 9.07. The largest absolute Gasteiger partial charge is 0.417 e. The fourth-order valence-corrected chi connectivity index (χ4v) is 5.53. The van der Waals surface area contributed by atoms with Crippen LogP contribution < -0.4 is 10.6 Å². The van der Waals surface area contributed by atoms with Gasteiger partial charge in [-0.15, -0.1) is 11.3 Å². The molecule has 0 radical (unpaired) electrons. The SMILES string of the molecule is Cc1cnc(C2(CNC(=O)c3ccccc3C(F)(F)F)CC2)s1.O=C(NCC1(I)CC1)c1ccccc1C(F)(F)F. The molecule has 2 aromatic carbocycles. The van der Waals surface area contributed by atoms with Gasteiger partial charge in [0.1, 0.15) is 5.01 Å². The highest BCUT2D eigenvalue weighted by Gasteiger charge is 2.47. The molecular formula is C28H26F6IN3O2S. The molecule has 2 N–H and O–H groups in total. The maximum absolute atomic E-state index is 13.0. The van der Waals surface area contributed by atoms with Crippen molar-refractivity contribution in [2.45, 2.75) is 53.8 Å². The lowest BCUT2D eigenvalue weighted by molar-refractivity contribution is -0.138. The Labute approximate surface area is 250 Å². The number of carbonyl (C=O) groups excluding carboxylic acids is 2. The van der Waals surface area contributed by atoms with Gasteiger partial charge in [0.05, 0.1) is 22.3 Å². The van der Waals surface area contributed by atoms with Gasteiger partial charge in [-0.2, -0.15) is 26.3 Å². The lowest BCUT2D eigenvalue weighted by Gasteiger charge is -2.16. The Morgan fingerprint density at radius 3 is 1.68 bits per heavy atom. The molecule has 3 aromatic rings. The number of amides is 2. The van der Waals surface area contributed by atoms with E-state index in [0.717, 1.165) is 47.7 Å². The first-order valence-corrected chi connectivity index (χ1v) is 14.5. The van der Waals surface area contributed by atoms with E-state index in [2.05, 4.69) is 38.2 Å². The van der Waals surface area contributed by atoms with E-state index in [1.165, 1.54) is 36.4 Å². The number of nitrogens with zero attached hydrogens (tertiary/aromatic N) is 1. The van der Waals surface area contributed by atoms with Gasteiger partial charge in [0.15, 0.2) is 0 Å². The van der Waals surface area contributed by atoms with Crippen LogP contribution in [0.1, 0.15) is 67.4 Å². The number of alkyl halides is 7. The summed E-state index contributed by atoms with van der Waals surface area (Å²) >= 11 is 3.80. The van der Waals surface area contributed by atoms with Gasteiger partial charge in [-0.3, -0.25) is 9.59 Å². The number of rotatable bonds is 7. The molecule has 13 heteroatoms. The Morgan fingerprint density at radius 2 is 1.29 bits per heavy atom. The maximum Gasteiger partial charge on any atom is 0.417 e. The van der Waals surface area contributed by atoms with Crippen molar-refractivity contribution >= 4 is 45.7 Å². The van der Waals surface area contributed by atoms with Crippen molar-refractivity contribution in [3.05, 3.63) is 86.9 Å². The molecule has 1 heterocycles. The average molecular weight is 709 g/mol. The summed E-state index contributed by atoms with van der Waals surface area (Å²) in [6.45, 7) is 2.68. The molecule has 5 nitrogen and oxygen atoms in total. The van der Waals surface area contributed by atoms with E-state index in [4.69, 9.17) is 0 Å². The monoisotopic (exact) mass is 709 g/mol. The molecule has 2 fully saturated rings. The van der Waals surface area contributed by atoms with Crippen molar-refractivity contribution in [2.75, 3.05) is 13.1 Å². The second-order valence-corrected chi connectivity index (χ2v) is 13.7. The zero-order chi connectivity index (χ0) is 30.1. The summed E-state index contributed by atoms with van der Waals surface area (Å²) in [6.07, 6.45) is -3.50. The van der Waals surface area contributed by atoms with Gasteiger partial charge in [-0.1, -0.05) is 46.9 Å². The minimum atomic E-state index is -4.54. The first-order valence-electron chi connectivity index (χ1n) is 12.6. The lowest BCUT2D eigenvalue weighted by Crippen LogP contribution is -2.33. The first kappa shape index (κ1) is 31.3. The number of nitrogens with one attached hydrogen (secondary N) is 2. The molecule has 2 saturated carbocycles. The molecule has 5 rings (SSSR count). The van der Waals surface area contributed by atoms with Crippen LogP contribution in [0, 0.1) is 6.92 Å². The zero-order valence-electron chi connectivity index (χ0n) is 21.8. The van der Waals surface area contributed by atoms with Crippen LogP contribution in [0.3, 0.4) is 0 Å². The van der Waals surface area contributed by atoms with Crippen LogP contribution in [0.4, 0.5) is 26.3 Å². The highest BCUT2D eigenvalue weighted by Crippen LogP contribution is 2.49. The third-order valence-electron chi connectivity index (χ3n) is 6.83. The smallest absolute Gasteiger partial charge is 0.351 e. The number of aryl methyl sites for hydroxylation is 1. The quantitative estimate of drug-likeness (QED) is 0.153. The minimum Gasteiger partial charge on any atom is -0.351 e. The second-order valence-electron chi connectivity index (χ2n) is 10.2. The summed E-state index contributed by atoms with van der Waals surface area (Å²) in [7, 11) is 0. The number of hydrogen-bond acceptors (Lipinski definition) is 4. The lowest BCUT2D eigenvalue weighted by atomic mass is 10.1. The van der Waals surface area contributed by atoms with Crippen molar-refractivity contribution in [1.82, 2.24) is 15.6 Å². The van der Waals surface area contributed by atoms with Crippen LogP contribution in [0.5, 0.6) is 0 Å². The van der Waals surface area contributed by atoms with Crippen LogP contribution in [0.2, 0.25) is 0 Å². The van der Waals surface area contributed by atoms with Crippen molar-refractivity contribution in [3.8, 4) is 0 Å². The molecule has 2 aliphatic rings. The van der Waals surface area contributed by atoms with E-state index < -0.39 is 35.3 Å². The Hall–Kier alpha value is -2.68. The summed E-state index contributed by atoms with van der Waals surface area (Å²) in [5.74, 6) is -1.36. The van der Waals surface area contributed by atoms with E-state index in [9.17, 15) is 35.9 Å². The third kappa shape index (κ3) is 7.99. The van der Waals surface area contributed by atoms with Gasteiger partial charge >= 0.3 is 12.4 Å². The van der Waals surface area contributed by atoms with Crippen LogP contribution >= 0.6 is 33.9 Å². The van der Waals surface area contributed by atoms with E-state index >= 15 is 0 Å². The summed E-state index contributed by atoms with van der Waals surface area (Å²) < 4.78 is 77.1. The molecule has 0 unspecified atom stereocenters. The van der Waals surface area contributed by atoms with Crippen molar-refractivity contribution < 1.29 is 35.9 Å². The fraction of sp³-hybridized carbons (Fsp3) is 0.393. The van der Waals surface area contributed by atoms with E-state index in [1.807, 2.05) is 6.92 Å². The van der Waals surface area contributed by atoms with Crippen molar-refractivity contribution in [1.29, 1.82) is 0 Å². The Balaban J connectivity index is 0.000000195. The highest BCUT2D eigenvalue weighted by molar-refractivity contribution is 14.1. The van der Waals surface area contributed by atoms with E-state index in [-0.39, 0.29) is 20.0 Å². The summed E-state index contributed by atoms with van der Waals surface area (Å²) in [5, 5.41) is 6.16. The highest BCUT2D eigenvalue weighted by atomic mass is 127. The van der Waals surface area contributed by atoms with Gasteiger partial charge in [0, 0.05) is 33.0 Å². The van der Waals surface area contributed by atoms with Gasteiger partial charge in [0.2, 0.25) is 0 Å². The number of thiazole rings is 1. The average Bonchev–Trinajstić information content (AvgIpc) is 3.83. The van der Waals surface area contributed by atoms with Crippen molar-refractivity contribution in [2.24, 2.45) is 0 Å². The topological polar surface area (TPSA) is 71.1 Å². The molecule has 220 valence electrons. The molecule has 0 bridgehead atoms. The molecule has 0 aliphatic heterocycles. The Morgan fingerprint density at radius 1 is 0.829 bits per heavy atom. The number of aromatic nitrogens is 1. The predicted octanol–water partition coefficient (Wildman–Crippen LogP) is 7.33. The van der Waals surface area contributed by atoms with Gasteiger partial charge in [-0.05, 0) is 56.9 Å². The molecule has 1 aromatic heterocycles. The summed E-state index contributed by atoms with van der Waals surface area (Å²) in [5.41, 5.74) is -2.66. The van der Waals surface area contributed by atoms with Gasteiger partial charge < -0.3 is 10.6 Å². The van der Waals surface area contributed by atoms with Crippen LogP contribution in [0.15, 0.2) is 54.7 Å². The summed E-state index contributed by atoms with van der Waals surface area (Å²) in [4.78, 5) is 29.4. The molecule has 41 heavy (non-hydrogen) atoms. The third-order valence-corrected chi connectivity index (χ3v) is 9.45. The number of hydrogen-bond donors (Lipinski definition) is 2. The van der Waals surface area contributed by atoms with Crippen LogP contribution in [0.25, 0.3) is 0 Å². The van der Waals surface area contributed by atoms with E-state index in [0.29, 0.717) is 13.1 Å².